The Morgan fingerprint density at radius 2 is 1.92 bits per heavy atom. The Bertz CT molecular complexity index is 977. The number of carbonyl (C=O) groups is 1. The number of aromatic nitrogens is 3. The minimum absolute atomic E-state index is 0.180. The van der Waals surface area contributed by atoms with Gasteiger partial charge in [-0.15, -0.1) is 0 Å². The predicted molar refractivity (Wildman–Crippen MR) is 88.5 cm³/mol. The maximum absolute atomic E-state index is 13.0. The molecule has 0 aliphatic heterocycles. The molecule has 0 amide bonds. The van der Waals surface area contributed by atoms with Crippen molar-refractivity contribution in [3.63, 3.8) is 0 Å². The summed E-state index contributed by atoms with van der Waals surface area (Å²) >= 11 is 0. The molecule has 0 saturated heterocycles. The van der Waals surface area contributed by atoms with Crippen LogP contribution in [0.15, 0.2) is 42.7 Å². The smallest absolute Gasteiger partial charge is 0.335 e. The number of alkyl halides is 2. The molecule has 8 heteroatoms. The van der Waals surface area contributed by atoms with E-state index >= 15 is 0 Å². The number of rotatable bonds is 4. The highest BCUT2D eigenvalue weighted by Crippen LogP contribution is 2.47. The second kappa shape index (κ2) is 5.84. The van der Waals surface area contributed by atoms with Crippen LogP contribution in [0.25, 0.3) is 16.9 Å². The number of aliphatic hydroxyl groups excluding tert-OH is 1. The first-order valence-electron chi connectivity index (χ1n) is 8.08. The van der Waals surface area contributed by atoms with E-state index in [9.17, 15) is 18.7 Å². The molecule has 1 aliphatic carbocycles. The largest absolute Gasteiger partial charge is 0.478 e. The van der Waals surface area contributed by atoms with E-state index in [4.69, 9.17) is 5.11 Å². The zero-order chi connectivity index (χ0) is 18.5. The number of hydrogen-bond acceptors (Lipinski definition) is 4. The van der Waals surface area contributed by atoms with E-state index in [1.54, 1.807) is 29.0 Å². The van der Waals surface area contributed by atoms with E-state index < -0.39 is 23.9 Å². The quantitative estimate of drug-likeness (QED) is 0.747. The van der Waals surface area contributed by atoms with Crippen LogP contribution in [0, 0.1) is 5.92 Å². The van der Waals surface area contributed by atoms with Crippen LogP contribution >= 0.6 is 0 Å². The molecule has 134 valence electrons. The van der Waals surface area contributed by atoms with Crippen molar-refractivity contribution in [2.45, 2.75) is 24.9 Å². The van der Waals surface area contributed by atoms with Gasteiger partial charge in [-0.1, -0.05) is 0 Å². The van der Waals surface area contributed by atoms with Gasteiger partial charge in [-0.3, -0.25) is 4.57 Å². The summed E-state index contributed by atoms with van der Waals surface area (Å²) in [6.07, 6.45) is 1.37. The fourth-order valence-corrected chi connectivity index (χ4v) is 3.21. The zero-order valence-electron chi connectivity index (χ0n) is 13.5. The van der Waals surface area contributed by atoms with Crippen LogP contribution in [0.4, 0.5) is 8.78 Å². The lowest BCUT2D eigenvalue weighted by atomic mass is 9.77. The van der Waals surface area contributed by atoms with E-state index in [0.717, 1.165) is 0 Å². The number of halogens is 2. The molecular weight excluding hydrogens is 344 g/mol. The van der Waals surface area contributed by atoms with Gasteiger partial charge in [0.25, 0.3) is 0 Å². The van der Waals surface area contributed by atoms with Gasteiger partial charge in [-0.2, -0.15) is 0 Å². The average molecular weight is 359 g/mol. The topological polar surface area (TPSA) is 88.2 Å². The van der Waals surface area contributed by atoms with Crippen molar-refractivity contribution in [3.8, 4) is 5.69 Å². The van der Waals surface area contributed by atoms with Crippen molar-refractivity contribution in [2.24, 2.45) is 5.92 Å². The monoisotopic (exact) mass is 359 g/mol. The minimum atomic E-state index is -2.70. The molecule has 1 aliphatic rings. The normalized spacial score (nSPS) is 17.8. The molecule has 0 radical (unpaired) electrons. The highest BCUT2D eigenvalue weighted by molar-refractivity contribution is 5.87. The molecule has 2 heterocycles. The van der Waals surface area contributed by atoms with E-state index in [2.05, 4.69) is 9.97 Å². The Labute approximate surface area is 146 Å². The molecule has 2 N–H and O–H groups in total. The lowest BCUT2D eigenvalue weighted by Gasteiger charge is -2.37. The average Bonchev–Trinajstić information content (AvgIpc) is 3.02. The predicted octanol–water partition coefficient (Wildman–Crippen LogP) is 3.20. The van der Waals surface area contributed by atoms with Gasteiger partial charge < -0.3 is 10.2 Å². The fraction of sp³-hybridized carbons (Fsp3) is 0.278. The lowest BCUT2D eigenvalue weighted by Crippen LogP contribution is -2.39. The number of fused-ring (bicyclic) bond motifs is 1. The van der Waals surface area contributed by atoms with Crippen LogP contribution in [-0.2, 0) is 0 Å². The van der Waals surface area contributed by atoms with Crippen LogP contribution < -0.4 is 0 Å². The Hall–Kier alpha value is -2.87. The Balaban J connectivity index is 1.62. The number of hydrogen-bond donors (Lipinski definition) is 2. The number of aromatic carboxylic acids is 1. The standard InChI is InChI=1S/C18H15F2N3O3/c19-18(20)7-11(8-18)15(24)14-9-21-16-13(22-14)5-6-23(16)12-3-1-10(2-4-12)17(25)26/h1-6,9,11,15,24H,7-8H2,(H,25,26)/t15-/m1/s1. The molecule has 26 heavy (non-hydrogen) atoms. The Morgan fingerprint density at radius 1 is 1.23 bits per heavy atom. The van der Waals surface area contributed by atoms with E-state index in [1.807, 2.05) is 0 Å². The first kappa shape index (κ1) is 16.6. The van der Waals surface area contributed by atoms with Crippen LogP contribution in [0.1, 0.15) is 35.0 Å². The van der Waals surface area contributed by atoms with Crippen molar-refractivity contribution in [3.05, 3.63) is 54.0 Å². The first-order valence-corrected chi connectivity index (χ1v) is 8.08. The van der Waals surface area contributed by atoms with Gasteiger partial charge in [0.15, 0.2) is 5.65 Å². The van der Waals surface area contributed by atoms with Gasteiger partial charge in [0, 0.05) is 30.6 Å². The van der Waals surface area contributed by atoms with E-state index in [1.165, 1.54) is 18.3 Å². The molecule has 2 aromatic heterocycles. The highest BCUT2D eigenvalue weighted by Gasteiger charge is 2.48. The lowest BCUT2D eigenvalue weighted by molar-refractivity contribution is -0.143. The second-order valence-electron chi connectivity index (χ2n) is 6.51. The SMILES string of the molecule is O=C(O)c1ccc(-n2ccc3nc([C@H](O)C4CC(F)(F)C4)cnc32)cc1. The summed E-state index contributed by atoms with van der Waals surface area (Å²) in [5, 5.41) is 19.2. The summed E-state index contributed by atoms with van der Waals surface area (Å²) in [5.74, 6) is -4.22. The molecule has 3 aromatic rings. The van der Waals surface area contributed by atoms with Gasteiger partial charge in [-0.25, -0.2) is 23.5 Å². The minimum Gasteiger partial charge on any atom is -0.478 e. The van der Waals surface area contributed by atoms with Gasteiger partial charge >= 0.3 is 5.97 Å². The van der Waals surface area contributed by atoms with E-state index in [-0.39, 0.29) is 24.1 Å². The van der Waals surface area contributed by atoms with Crippen molar-refractivity contribution >= 4 is 17.1 Å². The van der Waals surface area contributed by atoms with Gasteiger partial charge in [0.05, 0.1) is 17.5 Å². The zero-order valence-corrected chi connectivity index (χ0v) is 13.5. The summed E-state index contributed by atoms with van der Waals surface area (Å²) in [4.78, 5) is 19.6. The third-order valence-electron chi connectivity index (χ3n) is 4.67. The van der Waals surface area contributed by atoms with Crippen molar-refractivity contribution in [2.75, 3.05) is 0 Å². The van der Waals surface area contributed by atoms with E-state index in [0.29, 0.717) is 16.9 Å². The number of aliphatic hydroxyl groups is 1. The number of benzene rings is 1. The number of nitrogens with zero attached hydrogens (tertiary/aromatic N) is 3. The molecule has 0 unspecified atom stereocenters. The Morgan fingerprint density at radius 3 is 2.54 bits per heavy atom. The van der Waals surface area contributed by atoms with Crippen LogP contribution in [0.3, 0.4) is 0 Å². The molecule has 0 spiro atoms. The first-order chi connectivity index (χ1) is 12.3. The Kier molecular flexibility index (Phi) is 3.73. The summed E-state index contributed by atoms with van der Waals surface area (Å²) in [7, 11) is 0. The van der Waals surface area contributed by atoms with Crippen LogP contribution in [0.5, 0.6) is 0 Å². The highest BCUT2D eigenvalue weighted by atomic mass is 19.3. The summed E-state index contributed by atoms with van der Waals surface area (Å²) in [6.45, 7) is 0. The molecule has 1 saturated carbocycles. The maximum Gasteiger partial charge on any atom is 0.335 e. The molecule has 1 fully saturated rings. The third-order valence-corrected chi connectivity index (χ3v) is 4.67. The molecule has 1 atom stereocenters. The fourth-order valence-electron chi connectivity index (χ4n) is 3.21. The summed E-state index contributed by atoms with van der Waals surface area (Å²) in [6, 6.07) is 8.00. The van der Waals surface area contributed by atoms with Crippen molar-refractivity contribution < 1.29 is 23.8 Å². The van der Waals surface area contributed by atoms with Gasteiger partial charge in [0.2, 0.25) is 5.92 Å². The van der Waals surface area contributed by atoms with Crippen molar-refractivity contribution in [1.29, 1.82) is 0 Å². The number of carboxylic acids is 1. The number of carboxylic acid groups (broad SMARTS) is 1. The summed E-state index contributed by atoms with van der Waals surface area (Å²) in [5.41, 5.74) is 2.22. The second-order valence-corrected chi connectivity index (χ2v) is 6.51. The van der Waals surface area contributed by atoms with Crippen LogP contribution in [-0.4, -0.2) is 36.6 Å². The van der Waals surface area contributed by atoms with Crippen molar-refractivity contribution in [1.82, 2.24) is 14.5 Å². The molecule has 1 aromatic carbocycles. The molecule has 4 rings (SSSR count). The third kappa shape index (κ3) is 2.82. The van der Waals surface area contributed by atoms with Gasteiger partial charge in [0.1, 0.15) is 11.6 Å². The molecule has 0 bridgehead atoms. The maximum atomic E-state index is 13.0. The van der Waals surface area contributed by atoms with Crippen LogP contribution in [0.2, 0.25) is 0 Å². The summed E-state index contributed by atoms with van der Waals surface area (Å²) < 4.78 is 27.7. The molecule has 6 nitrogen and oxygen atoms in total. The van der Waals surface area contributed by atoms with Gasteiger partial charge in [-0.05, 0) is 30.3 Å². The molecular formula is C18H15F2N3O3.